The number of benzene rings is 1. The average molecular weight is 402 g/mol. The van der Waals surface area contributed by atoms with E-state index in [0.717, 1.165) is 12.8 Å². The van der Waals surface area contributed by atoms with Crippen molar-refractivity contribution in [1.82, 2.24) is 4.98 Å². The number of hydrogen-bond acceptors (Lipinski definition) is 6. The van der Waals surface area contributed by atoms with Crippen molar-refractivity contribution in [1.29, 1.82) is 0 Å². The number of thiazole rings is 1. The molecule has 1 aliphatic rings. The number of anilines is 1. The van der Waals surface area contributed by atoms with Gasteiger partial charge in [-0.15, -0.1) is 23.7 Å². The summed E-state index contributed by atoms with van der Waals surface area (Å²) < 4.78 is 24.0. The number of amides is 1. The predicted octanol–water partition coefficient (Wildman–Crippen LogP) is 3.07. The molecule has 0 spiro atoms. The molecule has 1 unspecified atom stereocenters. The highest BCUT2D eigenvalue weighted by molar-refractivity contribution is 7.14. The maximum atomic E-state index is 13.8. The quantitative estimate of drug-likeness (QED) is 0.804. The van der Waals surface area contributed by atoms with Crippen LogP contribution in [-0.4, -0.2) is 37.3 Å². The summed E-state index contributed by atoms with van der Waals surface area (Å²) in [6.07, 6.45) is 1.56. The molecule has 1 saturated heterocycles. The minimum Gasteiger partial charge on any atom is -0.494 e. The molecule has 3 rings (SSSR count). The van der Waals surface area contributed by atoms with Gasteiger partial charge in [-0.3, -0.25) is 4.79 Å². The molecular weight excluding hydrogens is 381 g/mol. The van der Waals surface area contributed by atoms with Gasteiger partial charge in [0, 0.05) is 24.2 Å². The minimum absolute atomic E-state index is 0. The molecule has 1 fully saturated rings. The number of aromatic nitrogens is 1. The number of nitrogens with zero attached hydrogens (tertiary/aromatic N) is 1. The zero-order chi connectivity index (χ0) is 17.8. The van der Waals surface area contributed by atoms with Crippen molar-refractivity contribution in [3.63, 3.8) is 0 Å². The first-order valence-corrected chi connectivity index (χ1v) is 8.90. The second-order valence-corrected chi connectivity index (χ2v) is 6.71. The Labute approximate surface area is 161 Å². The van der Waals surface area contributed by atoms with Crippen molar-refractivity contribution < 1.29 is 18.7 Å². The molecule has 0 radical (unpaired) electrons. The van der Waals surface area contributed by atoms with E-state index in [0.29, 0.717) is 29.6 Å². The van der Waals surface area contributed by atoms with Gasteiger partial charge < -0.3 is 20.5 Å². The van der Waals surface area contributed by atoms with Gasteiger partial charge in [-0.1, -0.05) is 0 Å². The summed E-state index contributed by atoms with van der Waals surface area (Å²) in [4.78, 5) is 16.7. The van der Waals surface area contributed by atoms with Crippen LogP contribution in [0.15, 0.2) is 23.6 Å². The third-order valence-electron chi connectivity index (χ3n) is 4.26. The number of halogens is 2. The monoisotopic (exact) mass is 401 g/mol. The molecule has 1 atom stereocenters. The maximum Gasteiger partial charge on any atom is 0.243 e. The first kappa shape index (κ1) is 20.6. The van der Waals surface area contributed by atoms with Gasteiger partial charge in [-0.05, 0) is 37.0 Å². The topological polar surface area (TPSA) is 86.5 Å². The molecule has 1 aliphatic heterocycles. The lowest BCUT2D eigenvalue weighted by Gasteiger charge is -2.26. The van der Waals surface area contributed by atoms with Crippen LogP contribution in [0.2, 0.25) is 0 Å². The minimum atomic E-state index is -0.588. The van der Waals surface area contributed by atoms with E-state index < -0.39 is 11.9 Å². The van der Waals surface area contributed by atoms with E-state index in [1.165, 1.54) is 24.5 Å². The summed E-state index contributed by atoms with van der Waals surface area (Å²) in [7, 11) is 1.41. The van der Waals surface area contributed by atoms with Crippen LogP contribution in [0, 0.1) is 11.7 Å². The molecule has 0 aliphatic carbocycles. The Morgan fingerprint density at radius 3 is 2.85 bits per heavy atom. The normalized spacial score (nSPS) is 15.8. The van der Waals surface area contributed by atoms with E-state index >= 15 is 0 Å². The van der Waals surface area contributed by atoms with Crippen molar-refractivity contribution in [2.45, 2.75) is 18.9 Å². The number of nitrogens with one attached hydrogen (secondary N) is 1. The van der Waals surface area contributed by atoms with Crippen LogP contribution in [0.25, 0.3) is 11.3 Å². The summed E-state index contributed by atoms with van der Waals surface area (Å²) in [6, 6.07) is 4.03. The Morgan fingerprint density at radius 2 is 2.19 bits per heavy atom. The molecule has 3 N–H and O–H groups in total. The van der Waals surface area contributed by atoms with Gasteiger partial charge in [0.25, 0.3) is 0 Å². The van der Waals surface area contributed by atoms with Crippen LogP contribution in [0.4, 0.5) is 9.52 Å². The van der Waals surface area contributed by atoms with Crippen LogP contribution in [0.3, 0.4) is 0 Å². The molecule has 142 valence electrons. The van der Waals surface area contributed by atoms with Crippen LogP contribution in [0.1, 0.15) is 12.8 Å². The van der Waals surface area contributed by atoms with Crippen LogP contribution < -0.4 is 15.8 Å². The molecule has 1 aromatic carbocycles. The van der Waals surface area contributed by atoms with Gasteiger partial charge in [-0.25, -0.2) is 9.37 Å². The van der Waals surface area contributed by atoms with Crippen LogP contribution in [0.5, 0.6) is 5.75 Å². The molecule has 1 aromatic heterocycles. The number of hydrogen-bond donors (Lipinski definition) is 2. The third-order valence-corrected chi connectivity index (χ3v) is 5.02. The number of nitrogens with two attached hydrogens (primary N) is 1. The summed E-state index contributed by atoms with van der Waals surface area (Å²) in [5.41, 5.74) is 7.25. The zero-order valence-corrected chi connectivity index (χ0v) is 15.9. The number of carbonyl (C=O) groups is 1. The molecule has 0 bridgehead atoms. The lowest BCUT2D eigenvalue weighted by atomic mass is 9.92. The first-order chi connectivity index (χ1) is 12.1. The smallest absolute Gasteiger partial charge is 0.243 e. The third kappa shape index (κ3) is 4.70. The Balaban J connectivity index is 0.00000243. The highest BCUT2D eigenvalue weighted by Crippen LogP contribution is 2.28. The Bertz CT molecular complexity index is 753. The second kappa shape index (κ2) is 9.27. The summed E-state index contributed by atoms with van der Waals surface area (Å²) in [5, 5.41) is 4.95. The Morgan fingerprint density at radius 1 is 1.46 bits per heavy atom. The fraction of sp³-hybridized carbons (Fsp3) is 0.412. The first-order valence-electron chi connectivity index (χ1n) is 8.02. The van der Waals surface area contributed by atoms with E-state index in [9.17, 15) is 9.18 Å². The molecule has 2 heterocycles. The fourth-order valence-electron chi connectivity index (χ4n) is 2.77. The van der Waals surface area contributed by atoms with Crippen molar-refractivity contribution >= 4 is 34.8 Å². The van der Waals surface area contributed by atoms with Crippen LogP contribution in [-0.2, 0) is 9.53 Å². The molecule has 9 heteroatoms. The standard InChI is InChI=1S/C17H20FN3O3S.ClH/c1-23-14-3-2-11(8-12(14)18)13-9-25-17(20-13)21-16(22)15(19)10-4-6-24-7-5-10;/h2-3,8-10,15H,4-7,19H2,1H3,(H,20,21,22);1H. The molecule has 6 nitrogen and oxygen atoms in total. The van der Waals surface area contributed by atoms with Gasteiger partial charge in [0.15, 0.2) is 16.7 Å². The van der Waals surface area contributed by atoms with E-state index in [-0.39, 0.29) is 30.0 Å². The van der Waals surface area contributed by atoms with Crippen molar-refractivity contribution in [2.24, 2.45) is 11.7 Å². The number of carbonyl (C=O) groups excluding carboxylic acids is 1. The summed E-state index contributed by atoms with van der Waals surface area (Å²) in [6.45, 7) is 1.27. The van der Waals surface area contributed by atoms with Crippen molar-refractivity contribution in [3.05, 3.63) is 29.4 Å². The van der Waals surface area contributed by atoms with Crippen LogP contribution >= 0.6 is 23.7 Å². The fourth-order valence-corrected chi connectivity index (χ4v) is 3.49. The molecule has 0 saturated carbocycles. The van der Waals surface area contributed by atoms with E-state index in [1.807, 2.05) is 0 Å². The largest absolute Gasteiger partial charge is 0.494 e. The molecular formula is C17H21ClFN3O3S. The number of methoxy groups -OCH3 is 1. The molecule has 1 amide bonds. The molecule has 2 aromatic rings. The van der Waals surface area contributed by atoms with E-state index in [4.69, 9.17) is 15.2 Å². The number of ether oxygens (including phenoxy) is 2. The van der Waals surface area contributed by atoms with E-state index in [1.54, 1.807) is 17.5 Å². The highest BCUT2D eigenvalue weighted by Gasteiger charge is 2.27. The summed E-state index contributed by atoms with van der Waals surface area (Å²) >= 11 is 1.28. The lowest BCUT2D eigenvalue weighted by molar-refractivity contribution is -0.119. The van der Waals surface area contributed by atoms with Gasteiger partial charge in [-0.2, -0.15) is 0 Å². The Kier molecular flexibility index (Phi) is 7.33. The van der Waals surface area contributed by atoms with Gasteiger partial charge in [0.1, 0.15) is 0 Å². The second-order valence-electron chi connectivity index (χ2n) is 5.85. The van der Waals surface area contributed by atoms with Gasteiger partial charge in [0.2, 0.25) is 5.91 Å². The average Bonchev–Trinajstić information content (AvgIpc) is 3.10. The van der Waals surface area contributed by atoms with E-state index in [2.05, 4.69) is 10.3 Å². The van der Waals surface area contributed by atoms with Crippen molar-refractivity contribution in [3.8, 4) is 17.0 Å². The predicted molar refractivity (Wildman–Crippen MR) is 101 cm³/mol. The van der Waals surface area contributed by atoms with Gasteiger partial charge >= 0.3 is 0 Å². The lowest BCUT2D eigenvalue weighted by Crippen LogP contribution is -2.43. The van der Waals surface area contributed by atoms with Crippen molar-refractivity contribution in [2.75, 3.05) is 25.6 Å². The number of rotatable bonds is 5. The SMILES string of the molecule is COc1ccc(-c2csc(NC(=O)C(N)C3CCOCC3)n2)cc1F.Cl. The summed E-state index contributed by atoms with van der Waals surface area (Å²) in [5.74, 6) is -0.423. The molecule has 26 heavy (non-hydrogen) atoms. The highest BCUT2D eigenvalue weighted by atomic mass is 35.5. The Hall–Kier alpha value is -1.74. The zero-order valence-electron chi connectivity index (χ0n) is 14.2. The van der Waals surface area contributed by atoms with Gasteiger partial charge in [0.05, 0.1) is 18.8 Å². The maximum absolute atomic E-state index is 13.8.